The first-order valence-electron chi connectivity index (χ1n) is 5.20. The lowest BCUT2D eigenvalue weighted by molar-refractivity contribution is -0.385. The zero-order valence-electron chi connectivity index (χ0n) is 9.38. The Bertz CT molecular complexity index is 393. The highest BCUT2D eigenvalue weighted by molar-refractivity contribution is 5.44. The number of rotatable bonds is 4. The van der Waals surface area contributed by atoms with Crippen molar-refractivity contribution in [2.75, 3.05) is 0 Å². The zero-order valence-corrected chi connectivity index (χ0v) is 9.38. The largest absolute Gasteiger partial charge is 0.508 e. The van der Waals surface area contributed by atoms with Gasteiger partial charge in [0.1, 0.15) is 5.75 Å². The van der Waals surface area contributed by atoms with Crippen molar-refractivity contribution in [2.24, 2.45) is 11.7 Å². The van der Waals surface area contributed by atoms with Gasteiger partial charge in [0.25, 0.3) is 5.69 Å². The normalized spacial score (nSPS) is 14.4. The smallest absolute Gasteiger partial charge is 0.270 e. The third-order valence-electron chi connectivity index (χ3n) is 2.84. The quantitative estimate of drug-likeness (QED) is 0.606. The van der Waals surface area contributed by atoms with Gasteiger partial charge in [-0.15, -0.1) is 0 Å². The second kappa shape index (κ2) is 4.94. The molecule has 0 aliphatic carbocycles. The minimum Gasteiger partial charge on any atom is -0.508 e. The average Bonchev–Trinajstić information content (AvgIpc) is 2.27. The molecule has 0 heterocycles. The number of hydrogen-bond acceptors (Lipinski definition) is 4. The van der Waals surface area contributed by atoms with E-state index in [-0.39, 0.29) is 23.4 Å². The molecule has 0 saturated carbocycles. The number of phenols is 1. The number of nitrogens with two attached hydrogens (primary N) is 1. The first kappa shape index (κ1) is 12.4. The van der Waals surface area contributed by atoms with Gasteiger partial charge in [-0.05, 0) is 12.0 Å². The van der Waals surface area contributed by atoms with Gasteiger partial charge < -0.3 is 10.8 Å². The van der Waals surface area contributed by atoms with Crippen molar-refractivity contribution in [3.8, 4) is 5.75 Å². The summed E-state index contributed by atoms with van der Waals surface area (Å²) in [5.74, 6) is 0.173. The lowest BCUT2D eigenvalue weighted by atomic mass is 9.92. The Morgan fingerprint density at radius 3 is 2.69 bits per heavy atom. The number of nitrogens with zero attached hydrogens (tertiary/aromatic N) is 1. The molecule has 5 heteroatoms. The van der Waals surface area contributed by atoms with E-state index in [1.54, 1.807) is 0 Å². The minimum atomic E-state index is -0.494. The average molecular weight is 224 g/mol. The van der Waals surface area contributed by atoms with Gasteiger partial charge in [-0.2, -0.15) is 0 Å². The van der Waals surface area contributed by atoms with Crippen LogP contribution in [0.5, 0.6) is 5.75 Å². The van der Waals surface area contributed by atoms with Gasteiger partial charge in [0.05, 0.1) is 4.92 Å². The highest BCUT2D eigenvalue weighted by atomic mass is 16.6. The van der Waals surface area contributed by atoms with Crippen molar-refractivity contribution in [1.29, 1.82) is 0 Å². The molecule has 0 fully saturated rings. The molecule has 0 saturated heterocycles. The maximum Gasteiger partial charge on any atom is 0.270 e. The van der Waals surface area contributed by atoms with E-state index in [2.05, 4.69) is 0 Å². The van der Waals surface area contributed by atoms with Crippen LogP contribution in [0.2, 0.25) is 0 Å². The summed E-state index contributed by atoms with van der Waals surface area (Å²) >= 11 is 0. The summed E-state index contributed by atoms with van der Waals surface area (Å²) < 4.78 is 0. The predicted molar refractivity (Wildman–Crippen MR) is 61.1 cm³/mol. The van der Waals surface area contributed by atoms with Gasteiger partial charge in [0.2, 0.25) is 0 Å². The van der Waals surface area contributed by atoms with Crippen LogP contribution >= 0.6 is 0 Å². The summed E-state index contributed by atoms with van der Waals surface area (Å²) in [7, 11) is 0. The van der Waals surface area contributed by atoms with E-state index in [1.165, 1.54) is 18.2 Å². The maximum atomic E-state index is 10.6. The molecule has 1 unspecified atom stereocenters. The molecule has 0 aromatic heterocycles. The first-order valence-corrected chi connectivity index (χ1v) is 5.20. The second-order valence-electron chi connectivity index (χ2n) is 3.91. The number of nitro groups is 1. The molecule has 1 aromatic rings. The van der Waals surface area contributed by atoms with Gasteiger partial charge in [0.15, 0.2) is 0 Å². The highest BCUT2D eigenvalue weighted by Crippen LogP contribution is 2.31. The van der Waals surface area contributed by atoms with Crippen molar-refractivity contribution >= 4 is 5.69 Å². The topological polar surface area (TPSA) is 89.4 Å². The van der Waals surface area contributed by atoms with Crippen molar-refractivity contribution in [2.45, 2.75) is 26.3 Å². The molecule has 88 valence electrons. The molecule has 0 aliphatic heterocycles. The molecule has 16 heavy (non-hydrogen) atoms. The van der Waals surface area contributed by atoms with E-state index < -0.39 is 4.92 Å². The number of nitro benzene ring substituents is 1. The molecule has 0 bridgehead atoms. The van der Waals surface area contributed by atoms with Crippen LogP contribution in [0.25, 0.3) is 0 Å². The third kappa shape index (κ3) is 2.49. The van der Waals surface area contributed by atoms with E-state index in [9.17, 15) is 15.2 Å². The number of hydrogen-bond donors (Lipinski definition) is 2. The third-order valence-corrected chi connectivity index (χ3v) is 2.84. The van der Waals surface area contributed by atoms with Gasteiger partial charge >= 0.3 is 0 Å². The molecular formula is C11H16N2O3. The van der Waals surface area contributed by atoms with E-state index in [0.29, 0.717) is 5.56 Å². The van der Waals surface area contributed by atoms with Crippen LogP contribution < -0.4 is 5.73 Å². The summed E-state index contributed by atoms with van der Waals surface area (Å²) in [4.78, 5) is 10.1. The van der Waals surface area contributed by atoms with Gasteiger partial charge in [0, 0.05) is 23.7 Å². The Labute approximate surface area is 94.0 Å². The van der Waals surface area contributed by atoms with Crippen LogP contribution in [0.3, 0.4) is 0 Å². The van der Waals surface area contributed by atoms with Crippen LogP contribution in [0.1, 0.15) is 31.9 Å². The second-order valence-corrected chi connectivity index (χ2v) is 3.91. The Morgan fingerprint density at radius 2 is 2.19 bits per heavy atom. The van der Waals surface area contributed by atoms with Crippen LogP contribution in [0.15, 0.2) is 18.2 Å². The zero-order chi connectivity index (χ0) is 12.3. The molecule has 0 spiro atoms. The molecule has 0 radical (unpaired) electrons. The SMILES string of the molecule is CCC(C)[C@H](N)c1cc([N+](=O)[O-])ccc1O. The fourth-order valence-corrected chi connectivity index (χ4v) is 1.48. The summed E-state index contributed by atoms with van der Waals surface area (Å²) in [6, 6.07) is 3.54. The van der Waals surface area contributed by atoms with Crippen molar-refractivity contribution in [3.63, 3.8) is 0 Å². The van der Waals surface area contributed by atoms with E-state index in [4.69, 9.17) is 5.73 Å². The molecule has 3 N–H and O–H groups in total. The van der Waals surface area contributed by atoms with E-state index in [0.717, 1.165) is 6.42 Å². The van der Waals surface area contributed by atoms with Gasteiger partial charge in [-0.1, -0.05) is 20.3 Å². The van der Waals surface area contributed by atoms with Crippen LogP contribution in [0.4, 0.5) is 5.69 Å². The van der Waals surface area contributed by atoms with Crippen molar-refractivity contribution < 1.29 is 10.0 Å². The summed E-state index contributed by atoms with van der Waals surface area (Å²) in [6.45, 7) is 3.93. The molecule has 5 nitrogen and oxygen atoms in total. The summed E-state index contributed by atoms with van der Waals surface area (Å²) in [5, 5.41) is 20.2. The molecular weight excluding hydrogens is 208 g/mol. The first-order chi connectivity index (χ1) is 7.47. The lowest BCUT2D eigenvalue weighted by Gasteiger charge is -2.19. The standard InChI is InChI=1S/C11H16N2O3/c1-3-7(2)11(12)9-6-8(13(15)16)4-5-10(9)14/h4-7,11,14H,3,12H2,1-2H3/t7?,11-/m0/s1. The van der Waals surface area contributed by atoms with E-state index in [1.807, 2.05) is 13.8 Å². The highest BCUT2D eigenvalue weighted by Gasteiger charge is 2.19. The van der Waals surface area contributed by atoms with Crippen LogP contribution in [-0.2, 0) is 0 Å². The Kier molecular flexibility index (Phi) is 3.84. The molecule has 0 aliphatic rings. The Balaban J connectivity index is 3.11. The van der Waals surface area contributed by atoms with Crippen LogP contribution in [-0.4, -0.2) is 10.0 Å². The van der Waals surface area contributed by atoms with Crippen molar-refractivity contribution in [1.82, 2.24) is 0 Å². The predicted octanol–water partition coefficient (Wildman–Crippen LogP) is 2.35. The number of aromatic hydroxyl groups is 1. The van der Waals surface area contributed by atoms with Gasteiger partial charge in [-0.3, -0.25) is 10.1 Å². The fraction of sp³-hybridized carbons (Fsp3) is 0.455. The summed E-state index contributed by atoms with van der Waals surface area (Å²) in [5.41, 5.74) is 6.32. The number of non-ortho nitro benzene ring substituents is 1. The molecule has 1 aromatic carbocycles. The molecule has 2 atom stereocenters. The number of benzene rings is 1. The monoisotopic (exact) mass is 224 g/mol. The Morgan fingerprint density at radius 1 is 1.56 bits per heavy atom. The maximum absolute atomic E-state index is 10.6. The molecule has 1 rings (SSSR count). The minimum absolute atomic E-state index is 0.0124. The molecule has 0 amide bonds. The summed E-state index contributed by atoms with van der Waals surface area (Å²) in [6.07, 6.45) is 0.850. The fourth-order valence-electron chi connectivity index (χ4n) is 1.48. The van der Waals surface area contributed by atoms with Crippen LogP contribution in [0, 0.1) is 16.0 Å². The lowest BCUT2D eigenvalue weighted by Crippen LogP contribution is -2.18. The number of phenolic OH excluding ortho intramolecular Hbond substituents is 1. The Hall–Kier alpha value is -1.62. The van der Waals surface area contributed by atoms with Gasteiger partial charge in [-0.25, -0.2) is 0 Å². The van der Waals surface area contributed by atoms with E-state index >= 15 is 0 Å². The van der Waals surface area contributed by atoms with Crippen molar-refractivity contribution in [3.05, 3.63) is 33.9 Å².